The average molecular weight is 591 g/mol. The summed E-state index contributed by atoms with van der Waals surface area (Å²) in [6, 6.07) is 0. The molecule has 0 aliphatic rings. The molecule has 0 rings (SSSR count). The Morgan fingerprint density at radius 3 is 0.412 bits per heavy atom. The molecule has 0 radical (unpaired) electrons. The van der Waals surface area contributed by atoms with Crippen LogP contribution in [0.1, 0.15) is 0 Å². The standard InChI is InChI=1S/2AsH3.3H2O4Se/c;;3*1-5(2,3)4/h2*1H3;3*(H2,1,2,3,4). The summed E-state index contributed by atoms with van der Waals surface area (Å²) in [5.41, 5.74) is 0. The molecule has 6 N–H and O–H groups in total. The van der Waals surface area contributed by atoms with Crippen LogP contribution in [0, 0.1) is 0 Å². The Labute approximate surface area is 123 Å². The average Bonchev–Trinajstić information content (AvgIpc) is 1.41. The van der Waals surface area contributed by atoms with E-state index in [2.05, 4.69) is 0 Å². The molecule has 0 saturated carbocycles. The Morgan fingerprint density at radius 2 is 0.412 bits per heavy atom. The van der Waals surface area contributed by atoms with Crippen LogP contribution in [0.15, 0.2) is 0 Å². The van der Waals surface area contributed by atoms with Crippen molar-refractivity contribution in [1.29, 1.82) is 0 Å². The van der Waals surface area contributed by atoms with Gasteiger partial charge in [0.2, 0.25) is 0 Å². The summed E-state index contributed by atoms with van der Waals surface area (Å²) in [5.74, 6) is 0. The first kappa shape index (κ1) is 30.9. The van der Waals surface area contributed by atoms with Crippen LogP contribution in [0.4, 0.5) is 0 Å². The van der Waals surface area contributed by atoms with E-state index in [0.29, 0.717) is 0 Å². The van der Waals surface area contributed by atoms with Gasteiger partial charge >= 0.3 is 124 Å². The van der Waals surface area contributed by atoms with Crippen molar-refractivity contribution in [2.75, 3.05) is 0 Å². The minimum absolute atomic E-state index is 0. The third kappa shape index (κ3) is 2620. The summed E-state index contributed by atoms with van der Waals surface area (Å²) < 4.78 is 95.6. The molecule has 0 aliphatic heterocycles. The van der Waals surface area contributed by atoms with Gasteiger partial charge in [0.05, 0.1) is 0 Å². The van der Waals surface area contributed by atoms with Crippen LogP contribution in [0.25, 0.3) is 0 Å². The summed E-state index contributed by atoms with van der Waals surface area (Å²) in [5, 5.41) is 0. The van der Waals surface area contributed by atoms with Crippen molar-refractivity contribution < 1.29 is 48.1 Å². The van der Waals surface area contributed by atoms with Gasteiger partial charge in [0.1, 0.15) is 0 Å². The van der Waals surface area contributed by atoms with E-state index >= 15 is 0 Å². The van der Waals surface area contributed by atoms with Gasteiger partial charge in [0.15, 0.2) is 0 Å². The Bertz CT molecular complexity index is 341. The zero-order valence-corrected chi connectivity index (χ0v) is 18.8. The van der Waals surface area contributed by atoms with Gasteiger partial charge in [-0.05, 0) is 0 Å². The van der Waals surface area contributed by atoms with Crippen molar-refractivity contribution >= 4 is 76.0 Å². The summed E-state index contributed by atoms with van der Waals surface area (Å²) in [4.78, 5) is 0. The van der Waals surface area contributed by atoms with Crippen LogP contribution in [0.5, 0.6) is 0 Å². The third-order valence-corrected chi connectivity index (χ3v) is 0. The zero-order chi connectivity index (χ0) is 13.5. The molecule has 0 amide bonds. The Morgan fingerprint density at radius 1 is 0.412 bits per heavy atom. The molecular formula is H12As2O12Se3. The van der Waals surface area contributed by atoms with Gasteiger partial charge in [-0.2, -0.15) is 0 Å². The van der Waals surface area contributed by atoms with Crippen molar-refractivity contribution in [2.24, 2.45) is 0 Å². The Hall–Kier alpha value is 1.24. The fourth-order valence-electron chi connectivity index (χ4n) is 0. The molecule has 0 aromatic rings. The van der Waals surface area contributed by atoms with E-state index in [-0.39, 0.29) is 35.9 Å². The SMILES string of the molecule is O=[Se](=O)(O)O.O=[Se](=O)(O)O.O=[Se](=O)(O)O.[AsH3].[AsH3]. The van der Waals surface area contributed by atoms with Crippen LogP contribution in [-0.4, -0.2) is 101 Å². The molecule has 0 saturated heterocycles. The molecule has 0 aromatic heterocycles. The van der Waals surface area contributed by atoms with Crippen molar-refractivity contribution in [2.45, 2.75) is 0 Å². The molecule has 0 bridgehead atoms. The van der Waals surface area contributed by atoms with Crippen molar-refractivity contribution in [1.82, 2.24) is 0 Å². The molecule has 2 unspecified atom stereocenters. The monoisotopic (exact) mass is 594 g/mol. The van der Waals surface area contributed by atoms with Crippen LogP contribution >= 0.6 is 0 Å². The summed E-state index contributed by atoms with van der Waals surface area (Å²) in [6.45, 7) is 0. The molecule has 0 heterocycles. The van der Waals surface area contributed by atoms with E-state index in [1.165, 1.54) is 0 Å². The molecule has 112 valence electrons. The molecule has 0 aliphatic carbocycles. The van der Waals surface area contributed by atoms with E-state index in [4.69, 9.17) is 48.1 Å². The first-order valence-corrected chi connectivity index (χ1v) is 10.9. The first-order chi connectivity index (χ1) is 6.00. The van der Waals surface area contributed by atoms with E-state index in [1.54, 1.807) is 0 Å². The topological polar surface area (TPSA) is 224 Å². The molecule has 0 spiro atoms. The van der Waals surface area contributed by atoms with Gasteiger partial charge in [-0.25, -0.2) is 0 Å². The first-order valence-electron chi connectivity index (χ1n) is 2.10. The van der Waals surface area contributed by atoms with Crippen molar-refractivity contribution in [3.63, 3.8) is 0 Å². The van der Waals surface area contributed by atoms with Gasteiger partial charge in [-0.3, -0.25) is 0 Å². The second kappa shape index (κ2) is 12.3. The molecular weight excluding hydrogens is 579 g/mol. The number of hydrogen-bond acceptors (Lipinski definition) is 6. The molecule has 0 aromatic carbocycles. The fourth-order valence-corrected chi connectivity index (χ4v) is 0. The quantitative estimate of drug-likeness (QED) is 0.145. The van der Waals surface area contributed by atoms with Crippen LogP contribution in [0.2, 0.25) is 0 Å². The van der Waals surface area contributed by atoms with E-state index in [9.17, 15) is 0 Å². The second-order valence-corrected chi connectivity index (χ2v) is 6.98. The second-order valence-electron chi connectivity index (χ2n) is 1.34. The van der Waals surface area contributed by atoms with Gasteiger partial charge < -0.3 is 0 Å². The summed E-state index contributed by atoms with van der Waals surface area (Å²) >= 11 is -15.8. The van der Waals surface area contributed by atoms with Gasteiger partial charge in [0.25, 0.3) is 0 Å². The minimum atomic E-state index is -5.25. The summed E-state index contributed by atoms with van der Waals surface area (Å²) in [7, 11) is 0. The predicted octanol–water partition coefficient (Wildman–Crippen LogP) is -7.56. The molecule has 17 heavy (non-hydrogen) atoms. The van der Waals surface area contributed by atoms with Crippen LogP contribution in [-0.2, 0) is 23.0 Å². The Kier molecular flexibility index (Phi) is 22.3. The van der Waals surface area contributed by atoms with E-state index < -0.39 is 40.1 Å². The predicted molar refractivity (Wildman–Crippen MR) is 54.6 cm³/mol. The van der Waals surface area contributed by atoms with E-state index in [1.807, 2.05) is 0 Å². The molecule has 17 heteroatoms. The molecule has 12 nitrogen and oxygen atoms in total. The summed E-state index contributed by atoms with van der Waals surface area (Å²) in [6.07, 6.45) is 0. The van der Waals surface area contributed by atoms with Gasteiger partial charge in [0, 0.05) is 0 Å². The molecule has 0 fully saturated rings. The third-order valence-electron chi connectivity index (χ3n) is 0. The van der Waals surface area contributed by atoms with Gasteiger partial charge in [-0.15, -0.1) is 0 Å². The van der Waals surface area contributed by atoms with E-state index in [0.717, 1.165) is 0 Å². The molecule has 2 atom stereocenters. The van der Waals surface area contributed by atoms with Crippen LogP contribution < -0.4 is 0 Å². The number of hydrogen-bond donors (Lipinski definition) is 6. The van der Waals surface area contributed by atoms with Gasteiger partial charge in [-0.1, -0.05) is 0 Å². The van der Waals surface area contributed by atoms with Crippen LogP contribution in [0.3, 0.4) is 0 Å². The van der Waals surface area contributed by atoms with Crippen molar-refractivity contribution in [3.05, 3.63) is 0 Å². The maximum atomic E-state index is 8.82. The normalized spacial score (nSPS) is 10.2. The number of rotatable bonds is 0. The van der Waals surface area contributed by atoms with Crippen molar-refractivity contribution in [3.8, 4) is 0 Å². The zero-order valence-electron chi connectivity index (χ0n) is 7.77. The Balaban J connectivity index is -0.0000000400. The fraction of sp³-hybridized carbons (Fsp3) is 0. The maximum absolute atomic E-state index is 8.82.